The van der Waals surface area contributed by atoms with Crippen LogP contribution in [0.15, 0.2) is 24.5 Å². The monoisotopic (exact) mass is 303 g/mol. The van der Waals surface area contributed by atoms with E-state index in [4.69, 9.17) is 17.0 Å². The summed E-state index contributed by atoms with van der Waals surface area (Å²) in [4.78, 5) is 0. The zero-order valence-corrected chi connectivity index (χ0v) is 13.6. The first-order valence-corrected chi connectivity index (χ1v) is 7.80. The molecule has 1 aliphatic rings. The Morgan fingerprint density at radius 2 is 2.14 bits per heavy atom. The average molecular weight is 303 g/mol. The van der Waals surface area contributed by atoms with Crippen LogP contribution in [0.1, 0.15) is 36.6 Å². The Bertz CT molecular complexity index is 700. The smallest absolute Gasteiger partial charge is 0.200 e. The number of benzene rings is 1. The summed E-state index contributed by atoms with van der Waals surface area (Å²) in [6.07, 6.45) is 5.17. The maximum Gasteiger partial charge on any atom is 0.200 e. The van der Waals surface area contributed by atoms with E-state index < -0.39 is 0 Å². The lowest BCUT2D eigenvalue weighted by atomic mass is 10.1. The first-order chi connectivity index (χ1) is 10.1. The molecule has 1 aromatic heterocycles. The van der Waals surface area contributed by atoms with Crippen molar-refractivity contribution in [3.05, 3.63) is 40.4 Å². The van der Waals surface area contributed by atoms with E-state index in [9.17, 15) is 0 Å². The minimum absolute atomic E-state index is 0.119. The molecule has 1 heterocycles. The first kappa shape index (κ1) is 14.3. The third kappa shape index (κ3) is 3.02. The number of ether oxygens (including phenoxy) is 1. The standard InChI is InChI=1S/C16H21N3OS/c1-11-5-4-6-14(12(11)2)20-15(9-13-7-8-13)19-16(21)18(3)10-17-19/h4-6,10,13,15H,7-9H2,1-3H3. The molecule has 0 bridgehead atoms. The van der Waals surface area contributed by atoms with Gasteiger partial charge in [-0.3, -0.25) is 0 Å². The van der Waals surface area contributed by atoms with E-state index in [2.05, 4.69) is 25.0 Å². The summed E-state index contributed by atoms with van der Waals surface area (Å²) in [5, 5.41) is 4.40. The number of aromatic nitrogens is 3. The van der Waals surface area contributed by atoms with Crippen molar-refractivity contribution in [3.8, 4) is 5.75 Å². The van der Waals surface area contributed by atoms with Crippen molar-refractivity contribution in [1.29, 1.82) is 0 Å². The van der Waals surface area contributed by atoms with Gasteiger partial charge in [-0.25, -0.2) is 0 Å². The number of nitrogens with zero attached hydrogens (tertiary/aromatic N) is 3. The van der Waals surface area contributed by atoms with Crippen molar-refractivity contribution in [3.63, 3.8) is 0 Å². The second-order valence-corrected chi connectivity index (χ2v) is 6.28. The van der Waals surface area contributed by atoms with Crippen LogP contribution < -0.4 is 4.74 Å². The van der Waals surface area contributed by atoms with Crippen LogP contribution in [0.4, 0.5) is 0 Å². The molecule has 3 rings (SSSR count). The summed E-state index contributed by atoms with van der Waals surface area (Å²) < 4.78 is 10.7. The van der Waals surface area contributed by atoms with E-state index in [1.807, 2.05) is 28.4 Å². The summed E-state index contributed by atoms with van der Waals surface area (Å²) >= 11 is 5.43. The van der Waals surface area contributed by atoms with Crippen LogP contribution in [-0.2, 0) is 7.05 Å². The van der Waals surface area contributed by atoms with Gasteiger partial charge in [0.15, 0.2) is 6.23 Å². The second kappa shape index (κ2) is 5.64. The molecule has 1 aliphatic carbocycles. The van der Waals surface area contributed by atoms with Crippen molar-refractivity contribution in [2.24, 2.45) is 13.0 Å². The predicted molar refractivity (Wildman–Crippen MR) is 85.0 cm³/mol. The molecule has 1 fully saturated rings. The number of rotatable bonds is 5. The van der Waals surface area contributed by atoms with Gasteiger partial charge in [0.05, 0.1) is 0 Å². The van der Waals surface area contributed by atoms with Crippen molar-refractivity contribution in [2.45, 2.75) is 39.3 Å². The Hall–Kier alpha value is -1.62. The largest absolute Gasteiger partial charge is 0.468 e. The van der Waals surface area contributed by atoms with E-state index >= 15 is 0 Å². The number of hydrogen-bond acceptors (Lipinski definition) is 3. The Labute approximate surface area is 130 Å². The zero-order valence-electron chi connectivity index (χ0n) is 12.7. The van der Waals surface area contributed by atoms with E-state index in [1.165, 1.54) is 24.0 Å². The van der Waals surface area contributed by atoms with E-state index in [0.29, 0.717) is 4.77 Å². The minimum atomic E-state index is -0.119. The lowest BCUT2D eigenvalue weighted by molar-refractivity contribution is 0.0990. The molecule has 1 unspecified atom stereocenters. The SMILES string of the molecule is Cc1cccc(OC(CC2CC2)n2ncn(C)c2=S)c1C. The van der Waals surface area contributed by atoms with Gasteiger partial charge in [-0.1, -0.05) is 12.1 Å². The molecule has 1 saturated carbocycles. The van der Waals surface area contributed by atoms with Gasteiger partial charge in [0.1, 0.15) is 12.1 Å². The molecule has 21 heavy (non-hydrogen) atoms. The third-order valence-electron chi connectivity index (χ3n) is 4.17. The van der Waals surface area contributed by atoms with Gasteiger partial charge in [-0.2, -0.15) is 9.78 Å². The third-order valence-corrected chi connectivity index (χ3v) is 4.64. The van der Waals surface area contributed by atoms with Gasteiger partial charge in [0.25, 0.3) is 0 Å². The lowest BCUT2D eigenvalue weighted by Gasteiger charge is -2.21. The fourth-order valence-corrected chi connectivity index (χ4v) is 2.64. The van der Waals surface area contributed by atoms with E-state index in [1.54, 1.807) is 6.33 Å². The minimum Gasteiger partial charge on any atom is -0.468 e. The van der Waals surface area contributed by atoms with E-state index in [-0.39, 0.29) is 6.23 Å². The van der Waals surface area contributed by atoms with Gasteiger partial charge in [0, 0.05) is 13.5 Å². The van der Waals surface area contributed by atoms with Crippen LogP contribution in [0.3, 0.4) is 0 Å². The first-order valence-electron chi connectivity index (χ1n) is 7.39. The Morgan fingerprint density at radius 1 is 1.38 bits per heavy atom. The molecular formula is C16H21N3OS. The van der Waals surface area contributed by atoms with Crippen LogP contribution in [-0.4, -0.2) is 14.3 Å². The van der Waals surface area contributed by atoms with Gasteiger partial charge >= 0.3 is 0 Å². The van der Waals surface area contributed by atoms with Gasteiger partial charge in [-0.15, -0.1) is 0 Å². The molecule has 1 aromatic carbocycles. The van der Waals surface area contributed by atoms with E-state index in [0.717, 1.165) is 18.1 Å². The molecular weight excluding hydrogens is 282 g/mol. The maximum atomic E-state index is 6.28. The highest BCUT2D eigenvalue weighted by Gasteiger charge is 2.29. The topological polar surface area (TPSA) is 32.0 Å². The van der Waals surface area contributed by atoms with Crippen molar-refractivity contribution in [1.82, 2.24) is 14.3 Å². The molecule has 0 aliphatic heterocycles. The molecule has 0 saturated heterocycles. The normalized spacial score (nSPS) is 16.0. The van der Waals surface area contributed by atoms with Gasteiger partial charge in [-0.05, 0) is 62.0 Å². The highest BCUT2D eigenvalue weighted by molar-refractivity contribution is 7.71. The predicted octanol–water partition coefficient (Wildman–Crippen LogP) is 3.95. The molecule has 5 heteroatoms. The van der Waals surface area contributed by atoms with Crippen LogP contribution in [0.5, 0.6) is 5.75 Å². The van der Waals surface area contributed by atoms with Gasteiger partial charge in [0.2, 0.25) is 4.77 Å². The highest BCUT2D eigenvalue weighted by atomic mass is 32.1. The van der Waals surface area contributed by atoms with Crippen LogP contribution in [0, 0.1) is 24.5 Å². The molecule has 0 radical (unpaired) electrons. The molecule has 1 atom stereocenters. The van der Waals surface area contributed by atoms with Crippen LogP contribution in [0.2, 0.25) is 0 Å². The molecule has 112 valence electrons. The Balaban J connectivity index is 1.90. The average Bonchev–Trinajstić information content (AvgIpc) is 3.21. The quantitative estimate of drug-likeness (QED) is 0.784. The summed E-state index contributed by atoms with van der Waals surface area (Å²) in [6, 6.07) is 6.16. The summed E-state index contributed by atoms with van der Waals surface area (Å²) in [7, 11) is 1.91. The Morgan fingerprint density at radius 3 is 2.76 bits per heavy atom. The van der Waals surface area contributed by atoms with Crippen molar-refractivity contribution in [2.75, 3.05) is 0 Å². The summed E-state index contributed by atoms with van der Waals surface area (Å²) in [5.41, 5.74) is 2.42. The molecule has 0 spiro atoms. The van der Waals surface area contributed by atoms with Gasteiger partial charge < -0.3 is 9.30 Å². The van der Waals surface area contributed by atoms with Crippen LogP contribution >= 0.6 is 12.2 Å². The number of hydrogen-bond donors (Lipinski definition) is 0. The molecule has 0 N–H and O–H groups in total. The molecule has 4 nitrogen and oxygen atoms in total. The van der Waals surface area contributed by atoms with Crippen molar-refractivity contribution >= 4 is 12.2 Å². The fraction of sp³-hybridized carbons (Fsp3) is 0.500. The molecule has 2 aromatic rings. The lowest BCUT2D eigenvalue weighted by Crippen LogP contribution is -2.19. The maximum absolute atomic E-state index is 6.28. The second-order valence-electron chi connectivity index (χ2n) is 5.92. The molecule has 0 amide bonds. The Kier molecular flexibility index (Phi) is 3.85. The summed E-state index contributed by atoms with van der Waals surface area (Å²) in [6.45, 7) is 4.20. The summed E-state index contributed by atoms with van der Waals surface area (Å²) in [5.74, 6) is 1.66. The highest BCUT2D eigenvalue weighted by Crippen LogP contribution is 2.38. The van der Waals surface area contributed by atoms with Crippen LogP contribution in [0.25, 0.3) is 0 Å². The fourth-order valence-electron chi connectivity index (χ4n) is 2.43. The zero-order chi connectivity index (χ0) is 15.0. The number of aryl methyl sites for hydroxylation is 2. The van der Waals surface area contributed by atoms with Crippen molar-refractivity contribution < 1.29 is 4.74 Å².